The average Bonchev–Trinajstić information content (AvgIpc) is 2.56. The minimum Gasteiger partial charge on any atom is -0.483 e. The Bertz CT molecular complexity index is 610. The van der Waals surface area contributed by atoms with Gasteiger partial charge in [-0.2, -0.15) is 8.78 Å². The fourth-order valence-corrected chi connectivity index (χ4v) is 2.20. The summed E-state index contributed by atoms with van der Waals surface area (Å²) in [7, 11) is 0. The van der Waals surface area contributed by atoms with Crippen LogP contribution in [0, 0.1) is 5.82 Å². The Labute approximate surface area is 140 Å². The third-order valence-electron chi connectivity index (χ3n) is 3.48. The summed E-state index contributed by atoms with van der Waals surface area (Å²) in [5, 5.41) is 0. The van der Waals surface area contributed by atoms with E-state index in [4.69, 9.17) is 4.74 Å². The molecule has 0 unspecified atom stereocenters. The van der Waals surface area contributed by atoms with Crippen molar-refractivity contribution in [3.05, 3.63) is 59.9 Å². The van der Waals surface area contributed by atoms with Crippen LogP contribution in [0.2, 0.25) is 0 Å². The van der Waals surface area contributed by atoms with Crippen molar-refractivity contribution in [3.8, 4) is 11.5 Å². The van der Waals surface area contributed by atoms with E-state index < -0.39 is 18.5 Å². The first-order chi connectivity index (χ1) is 11.5. The first-order valence-electron chi connectivity index (χ1n) is 8.02. The monoisotopic (exact) mass is 338 g/mol. The second kappa shape index (κ2) is 8.62. The molecule has 0 aliphatic heterocycles. The molecule has 2 aromatic rings. The molecule has 130 valence electrons. The number of benzene rings is 2. The van der Waals surface area contributed by atoms with Crippen LogP contribution in [-0.4, -0.2) is 12.7 Å². The highest BCUT2D eigenvalue weighted by Crippen LogP contribution is 2.23. The normalized spacial score (nSPS) is 11.3. The van der Waals surface area contributed by atoms with E-state index >= 15 is 0 Å². The van der Waals surface area contributed by atoms with E-state index in [1.54, 1.807) is 12.1 Å². The quantitative estimate of drug-likeness (QED) is 0.553. The third-order valence-corrected chi connectivity index (χ3v) is 3.48. The van der Waals surface area contributed by atoms with Crippen LogP contribution in [-0.2, 0) is 6.42 Å². The number of rotatable bonds is 9. The van der Waals surface area contributed by atoms with Gasteiger partial charge in [0.25, 0.3) is 0 Å². The summed E-state index contributed by atoms with van der Waals surface area (Å²) in [5.74, 6) is -0.270. The van der Waals surface area contributed by atoms with Crippen molar-refractivity contribution in [3.63, 3.8) is 0 Å². The molecule has 0 fully saturated rings. The molecule has 0 N–H and O–H groups in total. The van der Waals surface area contributed by atoms with E-state index in [0.717, 1.165) is 49.1 Å². The number of ether oxygens (including phenoxy) is 2. The second-order valence-corrected chi connectivity index (χ2v) is 5.58. The van der Waals surface area contributed by atoms with Crippen molar-refractivity contribution in [2.24, 2.45) is 0 Å². The maximum absolute atomic E-state index is 13.7. The van der Waals surface area contributed by atoms with Gasteiger partial charge in [-0.25, -0.2) is 4.39 Å². The Balaban J connectivity index is 1.83. The minimum absolute atomic E-state index is 0.115. The molecule has 5 heteroatoms. The Morgan fingerprint density at radius 2 is 1.50 bits per heavy atom. The number of halogens is 3. The van der Waals surface area contributed by atoms with Crippen LogP contribution in [0.3, 0.4) is 0 Å². The van der Waals surface area contributed by atoms with E-state index in [0.29, 0.717) is 5.75 Å². The number of hydrogen-bond acceptors (Lipinski definition) is 2. The van der Waals surface area contributed by atoms with Gasteiger partial charge in [0, 0.05) is 0 Å². The molecule has 0 spiro atoms. The van der Waals surface area contributed by atoms with Crippen molar-refractivity contribution in [2.75, 3.05) is 6.61 Å². The summed E-state index contributed by atoms with van der Waals surface area (Å²) >= 11 is 0. The highest BCUT2D eigenvalue weighted by Gasteiger charge is 2.33. The van der Waals surface area contributed by atoms with Gasteiger partial charge in [0.1, 0.15) is 17.3 Å². The molecular formula is C19H21F3O2. The fourth-order valence-electron chi connectivity index (χ4n) is 2.20. The van der Waals surface area contributed by atoms with E-state index in [9.17, 15) is 13.2 Å². The van der Waals surface area contributed by atoms with Crippen LogP contribution < -0.4 is 9.47 Å². The Morgan fingerprint density at radius 1 is 0.875 bits per heavy atom. The second-order valence-electron chi connectivity index (χ2n) is 5.58. The van der Waals surface area contributed by atoms with Crippen molar-refractivity contribution < 1.29 is 22.6 Å². The molecule has 0 atom stereocenters. The predicted molar refractivity (Wildman–Crippen MR) is 87.1 cm³/mol. The van der Waals surface area contributed by atoms with Gasteiger partial charge in [-0.3, -0.25) is 0 Å². The lowest BCUT2D eigenvalue weighted by molar-refractivity contribution is -0.195. The summed E-state index contributed by atoms with van der Waals surface area (Å²) in [5.41, 5.74) is 1.16. The molecular weight excluding hydrogens is 317 g/mol. The fraction of sp³-hybridized carbons (Fsp3) is 0.368. The molecule has 0 aromatic heterocycles. The zero-order valence-electron chi connectivity index (χ0n) is 13.6. The Kier molecular flexibility index (Phi) is 6.53. The molecule has 2 nitrogen and oxygen atoms in total. The topological polar surface area (TPSA) is 18.5 Å². The van der Waals surface area contributed by atoms with Gasteiger partial charge in [-0.1, -0.05) is 31.9 Å². The Morgan fingerprint density at radius 3 is 2.12 bits per heavy atom. The number of unbranched alkanes of at least 4 members (excludes halogenated alkanes) is 2. The predicted octanol–water partition coefficient (Wildman–Crippen LogP) is 5.61. The molecule has 24 heavy (non-hydrogen) atoms. The third kappa shape index (κ3) is 6.14. The minimum atomic E-state index is -3.50. The van der Waals surface area contributed by atoms with Gasteiger partial charge < -0.3 is 9.47 Å². The van der Waals surface area contributed by atoms with Crippen molar-refractivity contribution in [1.82, 2.24) is 0 Å². The maximum atomic E-state index is 13.7. The van der Waals surface area contributed by atoms with Crippen molar-refractivity contribution >= 4 is 0 Å². The standard InChI is InChI=1S/C19H21F3O2/c1-2-3-4-5-15-6-10-17(11-7-15)23-14-19(21,22)24-18-12-8-16(20)9-13-18/h6-13H,2-5,14H2,1H3. The molecule has 0 amide bonds. The number of alkyl halides is 2. The molecule has 0 bridgehead atoms. The van der Waals surface area contributed by atoms with Crippen molar-refractivity contribution in [1.29, 1.82) is 0 Å². The number of hydrogen-bond donors (Lipinski definition) is 0. The van der Waals surface area contributed by atoms with Gasteiger partial charge in [-0.05, 0) is 54.8 Å². The van der Waals surface area contributed by atoms with Crippen LogP contribution in [0.4, 0.5) is 13.2 Å². The lowest BCUT2D eigenvalue weighted by Crippen LogP contribution is -2.32. The summed E-state index contributed by atoms with van der Waals surface area (Å²) in [6, 6.07) is 11.5. The van der Waals surface area contributed by atoms with E-state index in [1.165, 1.54) is 6.42 Å². The smallest absolute Gasteiger partial charge is 0.432 e. The zero-order valence-corrected chi connectivity index (χ0v) is 13.6. The molecule has 0 saturated carbocycles. The first-order valence-corrected chi connectivity index (χ1v) is 8.02. The van der Waals surface area contributed by atoms with Gasteiger partial charge >= 0.3 is 6.11 Å². The van der Waals surface area contributed by atoms with Gasteiger partial charge in [-0.15, -0.1) is 0 Å². The van der Waals surface area contributed by atoms with Crippen LogP contribution in [0.15, 0.2) is 48.5 Å². The summed E-state index contributed by atoms with van der Waals surface area (Å²) in [6.45, 7) is 1.23. The van der Waals surface area contributed by atoms with Crippen molar-refractivity contribution in [2.45, 2.75) is 38.7 Å². The zero-order chi connectivity index (χ0) is 17.4. The van der Waals surface area contributed by atoms with E-state index in [-0.39, 0.29) is 5.75 Å². The maximum Gasteiger partial charge on any atom is 0.432 e. The number of aryl methyl sites for hydroxylation is 1. The summed E-state index contributed by atoms with van der Waals surface area (Å²) < 4.78 is 49.9. The Hall–Kier alpha value is -2.17. The largest absolute Gasteiger partial charge is 0.483 e. The van der Waals surface area contributed by atoms with E-state index in [1.807, 2.05) is 12.1 Å². The molecule has 2 rings (SSSR count). The summed E-state index contributed by atoms with van der Waals surface area (Å²) in [6.07, 6.45) is 0.908. The lowest BCUT2D eigenvalue weighted by atomic mass is 10.1. The molecule has 2 aromatic carbocycles. The van der Waals surface area contributed by atoms with E-state index in [2.05, 4.69) is 11.7 Å². The SMILES string of the molecule is CCCCCc1ccc(OCC(F)(F)Oc2ccc(F)cc2)cc1. The van der Waals surface area contributed by atoms with Crippen LogP contribution in [0.25, 0.3) is 0 Å². The van der Waals surface area contributed by atoms with Crippen LogP contribution >= 0.6 is 0 Å². The molecule has 0 aliphatic rings. The highest BCUT2D eigenvalue weighted by atomic mass is 19.3. The highest BCUT2D eigenvalue weighted by molar-refractivity contribution is 5.27. The van der Waals surface area contributed by atoms with Gasteiger partial charge in [0.05, 0.1) is 0 Å². The molecule has 0 aliphatic carbocycles. The van der Waals surface area contributed by atoms with Crippen LogP contribution in [0.1, 0.15) is 31.7 Å². The average molecular weight is 338 g/mol. The van der Waals surface area contributed by atoms with Gasteiger partial charge in [0.2, 0.25) is 0 Å². The molecule has 0 radical (unpaired) electrons. The molecule has 0 saturated heterocycles. The van der Waals surface area contributed by atoms with Crippen LogP contribution in [0.5, 0.6) is 11.5 Å². The first kappa shape index (κ1) is 18.2. The lowest BCUT2D eigenvalue weighted by Gasteiger charge is -2.18. The van der Waals surface area contributed by atoms with Gasteiger partial charge in [0.15, 0.2) is 6.61 Å². The molecule has 0 heterocycles. The summed E-state index contributed by atoms with van der Waals surface area (Å²) in [4.78, 5) is 0.